The van der Waals surface area contributed by atoms with Crippen LogP contribution in [0, 0.1) is 0 Å². The largest absolute Gasteiger partial charge is 0.307 e. The lowest BCUT2D eigenvalue weighted by molar-refractivity contribution is 1.08. The number of rotatable bonds is 5. The Bertz CT molecular complexity index is 3820. The summed E-state index contributed by atoms with van der Waals surface area (Å²) in [6.07, 6.45) is 0. The number of benzene rings is 10. The van der Waals surface area contributed by atoms with Crippen LogP contribution in [-0.2, 0) is 0 Å². The Kier molecular flexibility index (Phi) is 7.54. The highest BCUT2D eigenvalue weighted by Crippen LogP contribution is 2.44. The number of fused-ring (bicyclic) bond motifs is 13. The van der Waals surface area contributed by atoms with Gasteiger partial charge >= 0.3 is 0 Å². The van der Waals surface area contributed by atoms with E-state index in [1.807, 2.05) is 36.4 Å². The van der Waals surface area contributed by atoms with Gasteiger partial charge in [0.2, 0.25) is 0 Å². The number of hydrogen-bond acceptors (Lipinski definition) is 3. The van der Waals surface area contributed by atoms with Crippen LogP contribution in [0.4, 0.5) is 0 Å². The van der Waals surface area contributed by atoms with Gasteiger partial charge in [0.05, 0.1) is 22.1 Å². The first-order chi connectivity index (χ1) is 30.8. The van der Waals surface area contributed by atoms with Crippen LogP contribution in [0.1, 0.15) is 0 Å². The average molecular weight is 790 g/mol. The number of hydrogen-bond donors (Lipinski definition) is 0. The Hall–Kier alpha value is -8.41. The van der Waals surface area contributed by atoms with Crippen molar-refractivity contribution in [2.24, 2.45) is 0 Å². The molecule has 0 saturated carbocycles. The van der Waals surface area contributed by atoms with E-state index in [0.29, 0.717) is 17.5 Å². The maximum atomic E-state index is 5.18. The van der Waals surface area contributed by atoms with E-state index in [1.54, 1.807) is 0 Å². The smallest absolute Gasteiger partial charge is 0.164 e. The van der Waals surface area contributed by atoms with Gasteiger partial charge in [0.25, 0.3) is 0 Å². The Morgan fingerprint density at radius 2 is 0.710 bits per heavy atom. The van der Waals surface area contributed by atoms with Gasteiger partial charge in [-0.1, -0.05) is 176 Å². The summed E-state index contributed by atoms with van der Waals surface area (Å²) in [4.78, 5) is 15.4. The second kappa shape index (κ2) is 13.6. The molecule has 0 N–H and O–H groups in total. The van der Waals surface area contributed by atoms with Crippen molar-refractivity contribution < 1.29 is 0 Å². The Morgan fingerprint density at radius 3 is 1.31 bits per heavy atom. The number of para-hydroxylation sites is 3. The summed E-state index contributed by atoms with van der Waals surface area (Å²) in [6, 6.07) is 75.7. The van der Waals surface area contributed by atoms with Crippen LogP contribution in [0.15, 0.2) is 212 Å². The highest BCUT2D eigenvalue weighted by atomic mass is 15.0. The van der Waals surface area contributed by atoms with Crippen molar-refractivity contribution in [3.05, 3.63) is 212 Å². The predicted molar refractivity (Wildman–Crippen MR) is 257 cm³/mol. The van der Waals surface area contributed by atoms with Gasteiger partial charge in [-0.3, -0.25) is 0 Å². The average Bonchev–Trinajstić information content (AvgIpc) is 3.87. The Labute approximate surface area is 356 Å². The van der Waals surface area contributed by atoms with Crippen LogP contribution in [0.5, 0.6) is 0 Å². The normalized spacial score (nSPS) is 11.9. The summed E-state index contributed by atoms with van der Waals surface area (Å²) in [5.41, 5.74) is 9.86. The molecule has 5 heteroatoms. The van der Waals surface area contributed by atoms with Crippen molar-refractivity contribution in [3.63, 3.8) is 0 Å². The van der Waals surface area contributed by atoms with Gasteiger partial charge in [-0.25, -0.2) is 15.0 Å². The molecule has 0 atom stereocenters. The molecule has 0 amide bonds. The zero-order chi connectivity index (χ0) is 40.7. The quantitative estimate of drug-likeness (QED) is 0.163. The van der Waals surface area contributed by atoms with E-state index in [4.69, 9.17) is 15.0 Å². The maximum absolute atomic E-state index is 5.18. The minimum absolute atomic E-state index is 0.646. The van der Waals surface area contributed by atoms with Gasteiger partial charge < -0.3 is 9.13 Å². The minimum atomic E-state index is 0.646. The molecule has 13 rings (SSSR count). The molecule has 0 spiro atoms. The van der Waals surface area contributed by atoms with Gasteiger partial charge in [-0.15, -0.1) is 0 Å². The molecule has 0 unspecified atom stereocenters. The van der Waals surface area contributed by atoms with Gasteiger partial charge in [0, 0.05) is 55.0 Å². The van der Waals surface area contributed by atoms with Crippen LogP contribution in [0.2, 0.25) is 0 Å². The van der Waals surface area contributed by atoms with Gasteiger partial charge in [0.1, 0.15) is 0 Å². The maximum Gasteiger partial charge on any atom is 0.164 e. The fraction of sp³-hybridized carbons (Fsp3) is 0. The molecule has 10 aromatic carbocycles. The second-order valence-corrected chi connectivity index (χ2v) is 15.9. The Balaban J connectivity index is 1.10. The number of aromatic nitrogens is 5. The standard InChI is InChI=1S/C57H35N5/c1-4-17-36(18-5-1)55-58-56(37-19-6-2-7-20-37)60-57(59-55)48-28-16-27-45-41-32-31-39(35-49(41)40-23-10-11-26-44(40)52(45)48)62-51-30-15-13-25-43(51)47-34-33-46-42-24-12-14-29-50(42)61(53(46)54(47)62)38-21-8-3-9-22-38/h1-35H. The van der Waals surface area contributed by atoms with Crippen LogP contribution in [0.25, 0.3) is 121 Å². The molecular weight excluding hydrogens is 755 g/mol. The minimum Gasteiger partial charge on any atom is -0.307 e. The van der Waals surface area contributed by atoms with E-state index in [1.165, 1.54) is 59.8 Å². The van der Waals surface area contributed by atoms with Crippen LogP contribution in [-0.4, -0.2) is 24.1 Å². The van der Waals surface area contributed by atoms with Crippen LogP contribution >= 0.6 is 0 Å². The van der Waals surface area contributed by atoms with E-state index in [0.717, 1.165) is 44.2 Å². The molecular formula is C57H35N5. The molecule has 62 heavy (non-hydrogen) atoms. The third-order valence-corrected chi connectivity index (χ3v) is 12.5. The van der Waals surface area contributed by atoms with E-state index in [9.17, 15) is 0 Å². The van der Waals surface area contributed by atoms with Crippen molar-refractivity contribution >= 4 is 75.9 Å². The van der Waals surface area contributed by atoms with E-state index < -0.39 is 0 Å². The molecule has 3 heterocycles. The molecule has 0 fully saturated rings. The van der Waals surface area contributed by atoms with E-state index in [-0.39, 0.29) is 0 Å². The zero-order valence-electron chi connectivity index (χ0n) is 33.4. The van der Waals surface area contributed by atoms with Crippen molar-refractivity contribution in [1.29, 1.82) is 0 Å². The van der Waals surface area contributed by atoms with Crippen LogP contribution in [0.3, 0.4) is 0 Å². The molecule has 0 aliphatic heterocycles. The molecule has 288 valence electrons. The van der Waals surface area contributed by atoms with Crippen molar-refractivity contribution in [2.45, 2.75) is 0 Å². The van der Waals surface area contributed by atoms with Crippen molar-refractivity contribution in [2.75, 3.05) is 0 Å². The van der Waals surface area contributed by atoms with Gasteiger partial charge in [0.15, 0.2) is 17.5 Å². The molecule has 5 nitrogen and oxygen atoms in total. The molecule has 0 bridgehead atoms. The molecule has 3 aromatic heterocycles. The highest BCUT2D eigenvalue weighted by molar-refractivity contribution is 6.29. The predicted octanol–water partition coefficient (Wildman–Crippen LogP) is 14.5. The van der Waals surface area contributed by atoms with Crippen molar-refractivity contribution in [1.82, 2.24) is 24.1 Å². The summed E-state index contributed by atoms with van der Waals surface area (Å²) in [6.45, 7) is 0. The first-order valence-corrected chi connectivity index (χ1v) is 21.0. The third-order valence-electron chi connectivity index (χ3n) is 12.5. The lowest BCUT2D eigenvalue weighted by Crippen LogP contribution is -2.01. The summed E-state index contributed by atoms with van der Waals surface area (Å²) in [7, 11) is 0. The topological polar surface area (TPSA) is 48.5 Å². The molecule has 13 aromatic rings. The lowest BCUT2D eigenvalue weighted by atomic mass is 9.91. The molecule has 0 radical (unpaired) electrons. The molecule has 0 aliphatic rings. The summed E-state index contributed by atoms with van der Waals surface area (Å²) < 4.78 is 4.93. The highest BCUT2D eigenvalue weighted by Gasteiger charge is 2.23. The van der Waals surface area contributed by atoms with Crippen LogP contribution < -0.4 is 0 Å². The lowest BCUT2D eigenvalue weighted by Gasteiger charge is -2.17. The summed E-state index contributed by atoms with van der Waals surface area (Å²) in [5.74, 6) is 1.94. The first kappa shape index (κ1) is 34.5. The first-order valence-electron chi connectivity index (χ1n) is 21.0. The summed E-state index contributed by atoms with van der Waals surface area (Å²) in [5, 5.41) is 11.9. The monoisotopic (exact) mass is 789 g/mol. The zero-order valence-corrected chi connectivity index (χ0v) is 33.4. The van der Waals surface area contributed by atoms with Gasteiger partial charge in [-0.2, -0.15) is 0 Å². The number of nitrogens with zero attached hydrogens (tertiary/aromatic N) is 5. The van der Waals surface area contributed by atoms with E-state index in [2.05, 4.69) is 185 Å². The summed E-state index contributed by atoms with van der Waals surface area (Å²) >= 11 is 0. The SMILES string of the molecule is c1ccc(-c2nc(-c3ccccc3)nc(-c3cccc4c5ccc(-n6c7ccccc7c7ccc8c9ccccc9n(-c9ccccc9)c8c76)cc5c5ccccc5c34)n2)cc1. The van der Waals surface area contributed by atoms with Gasteiger partial charge in [-0.05, 0) is 63.3 Å². The fourth-order valence-corrected chi connectivity index (χ4v) is 9.86. The molecule has 0 saturated heterocycles. The Morgan fingerprint density at radius 1 is 0.274 bits per heavy atom. The molecule has 0 aliphatic carbocycles. The van der Waals surface area contributed by atoms with E-state index >= 15 is 0 Å². The van der Waals surface area contributed by atoms with Crippen molar-refractivity contribution in [3.8, 4) is 45.5 Å². The fourth-order valence-electron chi connectivity index (χ4n) is 9.86. The second-order valence-electron chi connectivity index (χ2n) is 15.9. The third kappa shape index (κ3) is 5.12.